The van der Waals surface area contributed by atoms with E-state index < -0.39 is 17.8 Å². The zero-order valence-corrected chi connectivity index (χ0v) is 12.7. The summed E-state index contributed by atoms with van der Waals surface area (Å²) in [6, 6.07) is 2.74. The number of hydrogen-bond acceptors (Lipinski definition) is 3. The third kappa shape index (κ3) is 5.02. The van der Waals surface area contributed by atoms with Crippen molar-refractivity contribution in [2.45, 2.75) is 32.0 Å². The first-order valence-corrected chi connectivity index (χ1v) is 7.40. The highest BCUT2D eigenvalue weighted by Gasteiger charge is 2.34. The number of benzene rings is 1. The number of ether oxygens (including phenoxy) is 2. The molecule has 128 valence electrons. The minimum Gasteiger partial charge on any atom is -0.494 e. The van der Waals surface area contributed by atoms with E-state index in [0.29, 0.717) is 6.61 Å². The van der Waals surface area contributed by atoms with Crippen LogP contribution in [0.1, 0.15) is 25.3 Å². The predicted octanol–water partition coefficient (Wildman–Crippen LogP) is 3.40. The SMILES string of the molecule is CCOc1ccc(NC(=O)NCC2CCCO2)c(C(F)(F)F)c1. The number of rotatable bonds is 5. The van der Waals surface area contributed by atoms with Gasteiger partial charge < -0.3 is 20.1 Å². The van der Waals surface area contributed by atoms with Gasteiger partial charge in [-0.05, 0) is 38.0 Å². The zero-order chi connectivity index (χ0) is 16.9. The van der Waals surface area contributed by atoms with Crippen LogP contribution in [0.2, 0.25) is 0 Å². The van der Waals surface area contributed by atoms with Gasteiger partial charge in [0, 0.05) is 13.2 Å². The minimum absolute atomic E-state index is 0.0804. The minimum atomic E-state index is -4.59. The molecule has 1 aromatic carbocycles. The van der Waals surface area contributed by atoms with E-state index >= 15 is 0 Å². The first-order chi connectivity index (χ1) is 10.9. The number of carbonyl (C=O) groups excluding carboxylic acids is 1. The topological polar surface area (TPSA) is 59.6 Å². The lowest BCUT2D eigenvalue weighted by Crippen LogP contribution is -2.35. The molecule has 1 aromatic rings. The van der Waals surface area contributed by atoms with Gasteiger partial charge in [0.15, 0.2) is 0 Å². The van der Waals surface area contributed by atoms with Crippen molar-refractivity contribution in [3.8, 4) is 5.75 Å². The van der Waals surface area contributed by atoms with E-state index in [9.17, 15) is 18.0 Å². The fourth-order valence-electron chi connectivity index (χ4n) is 2.30. The molecule has 2 N–H and O–H groups in total. The highest BCUT2D eigenvalue weighted by molar-refractivity contribution is 5.90. The van der Waals surface area contributed by atoms with Crippen LogP contribution in [0, 0.1) is 0 Å². The number of amides is 2. The van der Waals surface area contributed by atoms with Crippen LogP contribution in [0.15, 0.2) is 18.2 Å². The van der Waals surface area contributed by atoms with Crippen molar-refractivity contribution in [2.24, 2.45) is 0 Å². The van der Waals surface area contributed by atoms with Crippen molar-refractivity contribution in [3.63, 3.8) is 0 Å². The molecule has 1 atom stereocenters. The molecule has 8 heteroatoms. The summed E-state index contributed by atoms with van der Waals surface area (Å²) < 4.78 is 49.7. The lowest BCUT2D eigenvalue weighted by molar-refractivity contribution is -0.137. The summed E-state index contributed by atoms with van der Waals surface area (Å²) in [5, 5.41) is 4.75. The molecule has 1 unspecified atom stereocenters. The average Bonchev–Trinajstić information content (AvgIpc) is 2.99. The van der Waals surface area contributed by atoms with E-state index in [0.717, 1.165) is 18.9 Å². The monoisotopic (exact) mass is 332 g/mol. The van der Waals surface area contributed by atoms with Gasteiger partial charge in [0.1, 0.15) is 5.75 Å². The Kier molecular flexibility index (Phi) is 5.70. The zero-order valence-electron chi connectivity index (χ0n) is 12.7. The first-order valence-electron chi connectivity index (χ1n) is 7.40. The summed E-state index contributed by atoms with van der Waals surface area (Å²) in [6.45, 7) is 2.85. The van der Waals surface area contributed by atoms with Crippen LogP contribution in [-0.2, 0) is 10.9 Å². The van der Waals surface area contributed by atoms with Gasteiger partial charge in [-0.15, -0.1) is 0 Å². The second-order valence-electron chi connectivity index (χ2n) is 5.11. The molecular weight excluding hydrogens is 313 g/mol. The number of anilines is 1. The summed E-state index contributed by atoms with van der Waals surface area (Å²) in [7, 11) is 0. The van der Waals surface area contributed by atoms with E-state index in [1.807, 2.05) is 0 Å². The Bertz CT molecular complexity index is 543. The highest BCUT2D eigenvalue weighted by atomic mass is 19.4. The number of carbonyl (C=O) groups is 1. The Balaban J connectivity index is 2.03. The molecule has 23 heavy (non-hydrogen) atoms. The lowest BCUT2D eigenvalue weighted by atomic mass is 10.1. The first kappa shape index (κ1) is 17.4. The van der Waals surface area contributed by atoms with Gasteiger partial charge >= 0.3 is 12.2 Å². The van der Waals surface area contributed by atoms with Crippen molar-refractivity contribution in [1.29, 1.82) is 0 Å². The van der Waals surface area contributed by atoms with Crippen LogP contribution in [-0.4, -0.2) is 31.9 Å². The Morgan fingerprint density at radius 2 is 2.22 bits per heavy atom. The fraction of sp³-hybridized carbons (Fsp3) is 0.533. The number of halogens is 3. The Morgan fingerprint density at radius 3 is 2.83 bits per heavy atom. The van der Waals surface area contributed by atoms with Crippen LogP contribution in [0.5, 0.6) is 5.75 Å². The molecular formula is C15H19F3N2O3. The average molecular weight is 332 g/mol. The molecule has 1 fully saturated rings. The number of urea groups is 1. The number of nitrogens with one attached hydrogen (secondary N) is 2. The highest BCUT2D eigenvalue weighted by Crippen LogP contribution is 2.37. The van der Waals surface area contributed by atoms with Gasteiger partial charge in [-0.2, -0.15) is 13.2 Å². The fourth-order valence-corrected chi connectivity index (χ4v) is 2.30. The van der Waals surface area contributed by atoms with Crippen molar-refractivity contribution < 1.29 is 27.4 Å². The number of alkyl halides is 3. The third-order valence-electron chi connectivity index (χ3n) is 3.37. The number of hydrogen-bond donors (Lipinski definition) is 2. The summed E-state index contributed by atoms with van der Waals surface area (Å²) in [5.74, 6) is 0.102. The molecule has 1 heterocycles. The Labute approximate surface area is 132 Å². The molecule has 2 amide bonds. The van der Waals surface area contributed by atoms with Gasteiger partial charge in [-0.1, -0.05) is 0 Å². The maximum absolute atomic E-state index is 13.1. The summed E-state index contributed by atoms with van der Waals surface area (Å²) in [5.41, 5.74) is -1.26. The van der Waals surface area contributed by atoms with Gasteiger partial charge in [-0.3, -0.25) is 0 Å². The van der Waals surface area contributed by atoms with E-state index in [4.69, 9.17) is 9.47 Å². The van der Waals surface area contributed by atoms with Crippen LogP contribution >= 0.6 is 0 Å². The maximum Gasteiger partial charge on any atom is 0.418 e. The second kappa shape index (κ2) is 7.54. The quantitative estimate of drug-likeness (QED) is 0.869. The van der Waals surface area contributed by atoms with E-state index in [1.54, 1.807) is 6.92 Å². The molecule has 2 rings (SSSR count). The predicted molar refractivity (Wildman–Crippen MR) is 78.6 cm³/mol. The van der Waals surface area contributed by atoms with Gasteiger partial charge in [0.2, 0.25) is 0 Å². The molecule has 1 aliphatic rings. The molecule has 5 nitrogen and oxygen atoms in total. The van der Waals surface area contributed by atoms with Crippen molar-refractivity contribution >= 4 is 11.7 Å². The third-order valence-corrected chi connectivity index (χ3v) is 3.37. The van der Waals surface area contributed by atoms with Gasteiger partial charge in [0.25, 0.3) is 0 Å². The summed E-state index contributed by atoms with van der Waals surface area (Å²) in [6.07, 6.45) is -2.92. The molecule has 1 aliphatic heterocycles. The molecule has 0 spiro atoms. The standard InChI is InChI=1S/C15H19F3N2O3/c1-2-22-10-5-6-13(12(8-10)15(16,17)18)20-14(21)19-9-11-4-3-7-23-11/h5-6,8,11H,2-4,7,9H2,1H3,(H2,19,20,21). The van der Waals surface area contributed by atoms with Crippen LogP contribution in [0.25, 0.3) is 0 Å². The molecule has 0 aromatic heterocycles. The Morgan fingerprint density at radius 1 is 1.43 bits per heavy atom. The van der Waals surface area contributed by atoms with Crippen LogP contribution < -0.4 is 15.4 Å². The Hall–Kier alpha value is -1.96. The molecule has 0 radical (unpaired) electrons. The van der Waals surface area contributed by atoms with E-state index in [2.05, 4.69) is 10.6 Å². The molecule has 0 bridgehead atoms. The van der Waals surface area contributed by atoms with Crippen molar-refractivity contribution in [3.05, 3.63) is 23.8 Å². The second-order valence-corrected chi connectivity index (χ2v) is 5.11. The molecule has 1 saturated heterocycles. The summed E-state index contributed by atoms with van der Waals surface area (Å²) >= 11 is 0. The smallest absolute Gasteiger partial charge is 0.418 e. The van der Waals surface area contributed by atoms with E-state index in [1.165, 1.54) is 12.1 Å². The summed E-state index contributed by atoms with van der Waals surface area (Å²) in [4.78, 5) is 11.8. The largest absolute Gasteiger partial charge is 0.494 e. The van der Waals surface area contributed by atoms with Gasteiger partial charge in [0.05, 0.1) is 24.0 Å². The van der Waals surface area contributed by atoms with Crippen molar-refractivity contribution in [2.75, 3.05) is 25.1 Å². The van der Waals surface area contributed by atoms with Crippen molar-refractivity contribution in [1.82, 2.24) is 5.32 Å². The maximum atomic E-state index is 13.1. The van der Waals surface area contributed by atoms with Gasteiger partial charge in [-0.25, -0.2) is 4.79 Å². The molecule has 0 saturated carbocycles. The van der Waals surface area contributed by atoms with Crippen LogP contribution in [0.4, 0.5) is 23.7 Å². The lowest BCUT2D eigenvalue weighted by Gasteiger charge is -2.16. The molecule has 0 aliphatic carbocycles. The normalized spacial score (nSPS) is 17.8. The van der Waals surface area contributed by atoms with E-state index in [-0.39, 0.29) is 30.7 Å². The van der Waals surface area contributed by atoms with Crippen LogP contribution in [0.3, 0.4) is 0 Å².